The number of alkyl halides is 3. The van der Waals surface area contributed by atoms with Crippen LogP contribution in [0.4, 0.5) is 13.2 Å². The Kier molecular flexibility index (Phi) is 8.71. The Balaban J connectivity index is 1.23. The Hall–Kier alpha value is -2.91. The smallest absolute Gasteiger partial charge is 0.385 e. The Morgan fingerprint density at radius 2 is 1.56 bits per heavy atom. The Labute approximate surface area is 228 Å². The highest BCUT2D eigenvalue weighted by atomic mass is 19.4. The number of hydrogen-bond donors (Lipinski definition) is 2. The van der Waals surface area contributed by atoms with Gasteiger partial charge in [0.05, 0.1) is 11.2 Å². The van der Waals surface area contributed by atoms with Crippen LogP contribution in [0.1, 0.15) is 68.1 Å². The summed E-state index contributed by atoms with van der Waals surface area (Å²) >= 11 is 0. The molecule has 9 heteroatoms. The monoisotopic (exact) mass is 545 g/mol. The van der Waals surface area contributed by atoms with Gasteiger partial charge in [-0.1, -0.05) is 42.5 Å². The maximum atomic E-state index is 13.1. The summed E-state index contributed by atoms with van der Waals surface area (Å²) < 4.78 is 39.3. The summed E-state index contributed by atoms with van der Waals surface area (Å²) in [5.74, 6) is -0.335. The molecule has 6 nitrogen and oxygen atoms in total. The van der Waals surface area contributed by atoms with Gasteiger partial charge in [0.2, 0.25) is 11.8 Å². The molecular weight excluding hydrogens is 507 g/mol. The molecule has 2 aromatic rings. The number of halogens is 3. The summed E-state index contributed by atoms with van der Waals surface area (Å²) in [4.78, 5) is 29.2. The van der Waals surface area contributed by atoms with Crippen molar-refractivity contribution in [2.75, 3.05) is 27.2 Å². The van der Waals surface area contributed by atoms with E-state index in [0.29, 0.717) is 0 Å². The molecule has 1 heterocycles. The van der Waals surface area contributed by atoms with Crippen molar-refractivity contribution < 1.29 is 27.9 Å². The molecule has 0 atom stereocenters. The van der Waals surface area contributed by atoms with Gasteiger partial charge in [-0.2, -0.15) is 13.2 Å². The quantitative estimate of drug-likeness (QED) is 0.524. The third-order valence-corrected chi connectivity index (χ3v) is 8.58. The van der Waals surface area contributed by atoms with Crippen molar-refractivity contribution in [2.24, 2.45) is 0 Å². The second-order valence-electron chi connectivity index (χ2n) is 11.1. The standard InChI is InChI=1S/C30H38F3N3O3/c1-35(2)28(22-7-4-3-5-8-22)15-13-25(14-16-28)34-26(37)11-12-27(38)36-19-17-29(39,18-20-36)23-9-6-10-24(21-23)30(31,32)33/h3-10,21,25,39H,11-20H2,1-2H3,(H,34,37). The van der Waals surface area contributed by atoms with Gasteiger partial charge in [0.15, 0.2) is 0 Å². The van der Waals surface area contributed by atoms with Crippen LogP contribution in [-0.2, 0) is 26.9 Å². The number of benzene rings is 2. The van der Waals surface area contributed by atoms with Gasteiger partial charge in [0.1, 0.15) is 0 Å². The van der Waals surface area contributed by atoms with E-state index in [1.165, 1.54) is 17.7 Å². The minimum Gasteiger partial charge on any atom is -0.385 e. The van der Waals surface area contributed by atoms with Crippen LogP contribution in [0.15, 0.2) is 54.6 Å². The lowest BCUT2D eigenvalue weighted by Gasteiger charge is -2.45. The Morgan fingerprint density at radius 3 is 2.15 bits per heavy atom. The van der Waals surface area contributed by atoms with E-state index in [-0.39, 0.29) is 67.7 Å². The van der Waals surface area contributed by atoms with E-state index in [0.717, 1.165) is 37.8 Å². The number of likely N-dealkylation sites (tertiary alicyclic amines) is 1. The van der Waals surface area contributed by atoms with E-state index in [1.807, 2.05) is 6.07 Å². The van der Waals surface area contributed by atoms with E-state index < -0.39 is 17.3 Å². The van der Waals surface area contributed by atoms with Gasteiger partial charge in [0, 0.05) is 37.5 Å². The molecule has 1 aliphatic heterocycles. The molecule has 1 aliphatic carbocycles. The number of nitrogens with one attached hydrogen (secondary N) is 1. The lowest BCUT2D eigenvalue weighted by Crippen LogP contribution is -2.49. The third kappa shape index (κ3) is 6.64. The van der Waals surface area contributed by atoms with E-state index >= 15 is 0 Å². The molecule has 0 bridgehead atoms. The average molecular weight is 546 g/mol. The maximum Gasteiger partial charge on any atom is 0.416 e. The zero-order chi connectivity index (χ0) is 28.3. The predicted molar refractivity (Wildman–Crippen MR) is 143 cm³/mol. The van der Waals surface area contributed by atoms with Gasteiger partial charge in [-0.15, -0.1) is 0 Å². The van der Waals surface area contributed by atoms with E-state index in [9.17, 15) is 27.9 Å². The van der Waals surface area contributed by atoms with Crippen LogP contribution in [0.3, 0.4) is 0 Å². The molecule has 0 spiro atoms. The molecule has 212 valence electrons. The van der Waals surface area contributed by atoms with Crippen molar-refractivity contribution in [3.63, 3.8) is 0 Å². The number of piperidine rings is 1. The van der Waals surface area contributed by atoms with Crippen molar-refractivity contribution in [1.29, 1.82) is 0 Å². The fourth-order valence-corrected chi connectivity index (χ4v) is 6.06. The van der Waals surface area contributed by atoms with Crippen molar-refractivity contribution >= 4 is 11.8 Å². The average Bonchev–Trinajstić information content (AvgIpc) is 2.92. The highest BCUT2D eigenvalue weighted by Crippen LogP contribution is 2.41. The number of rotatable bonds is 7. The van der Waals surface area contributed by atoms with E-state index in [2.05, 4.69) is 48.6 Å². The van der Waals surface area contributed by atoms with E-state index in [1.54, 1.807) is 4.90 Å². The topological polar surface area (TPSA) is 72.9 Å². The molecular formula is C30H38F3N3O3. The molecule has 1 saturated carbocycles. The summed E-state index contributed by atoms with van der Waals surface area (Å²) in [7, 11) is 4.19. The molecule has 0 aromatic heterocycles. The van der Waals surface area contributed by atoms with Gasteiger partial charge < -0.3 is 15.3 Å². The summed E-state index contributed by atoms with van der Waals surface area (Å²) in [6.45, 7) is 0.448. The number of hydrogen-bond acceptors (Lipinski definition) is 4. The van der Waals surface area contributed by atoms with E-state index in [4.69, 9.17) is 0 Å². The maximum absolute atomic E-state index is 13.1. The summed E-state index contributed by atoms with van der Waals surface area (Å²) in [6, 6.07) is 15.3. The molecule has 2 N–H and O–H groups in total. The second kappa shape index (κ2) is 11.7. The zero-order valence-corrected chi connectivity index (χ0v) is 22.6. The summed E-state index contributed by atoms with van der Waals surface area (Å²) in [5, 5.41) is 14.1. The lowest BCUT2D eigenvalue weighted by atomic mass is 9.74. The third-order valence-electron chi connectivity index (χ3n) is 8.58. The molecule has 39 heavy (non-hydrogen) atoms. The minimum absolute atomic E-state index is 0.0529. The number of carbonyl (C=O) groups excluding carboxylic acids is 2. The molecule has 0 unspecified atom stereocenters. The SMILES string of the molecule is CN(C)C1(c2ccccc2)CCC(NC(=O)CCC(=O)N2CCC(O)(c3cccc(C(F)(F)F)c3)CC2)CC1. The highest BCUT2D eigenvalue weighted by molar-refractivity contribution is 5.84. The first kappa shape index (κ1) is 29.1. The fourth-order valence-electron chi connectivity index (χ4n) is 6.06. The number of nitrogens with zero attached hydrogens (tertiary/aromatic N) is 2. The van der Waals surface area contributed by atoms with Crippen molar-refractivity contribution in [2.45, 2.75) is 74.7 Å². The first-order valence-corrected chi connectivity index (χ1v) is 13.6. The zero-order valence-electron chi connectivity index (χ0n) is 22.6. The molecule has 1 saturated heterocycles. The van der Waals surface area contributed by atoms with Crippen LogP contribution >= 0.6 is 0 Å². The molecule has 0 radical (unpaired) electrons. The van der Waals surface area contributed by atoms with Crippen LogP contribution in [-0.4, -0.2) is 59.9 Å². The number of carbonyl (C=O) groups is 2. The number of aliphatic hydroxyl groups is 1. The van der Waals surface area contributed by atoms with Crippen molar-refractivity contribution in [3.8, 4) is 0 Å². The molecule has 4 rings (SSSR count). The highest BCUT2D eigenvalue weighted by Gasteiger charge is 2.40. The van der Waals surface area contributed by atoms with Gasteiger partial charge in [-0.05, 0) is 75.9 Å². The van der Waals surface area contributed by atoms with Gasteiger partial charge in [-0.3, -0.25) is 14.5 Å². The second-order valence-corrected chi connectivity index (χ2v) is 11.1. The molecule has 2 amide bonds. The first-order chi connectivity index (χ1) is 18.4. The molecule has 2 aliphatic rings. The van der Waals surface area contributed by atoms with Crippen LogP contribution in [0.5, 0.6) is 0 Å². The normalized spacial score (nSPS) is 23.5. The van der Waals surface area contributed by atoms with Crippen LogP contribution in [0.2, 0.25) is 0 Å². The van der Waals surface area contributed by atoms with Crippen LogP contribution in [0, 0.1) is 0 Å². The van der Waals surface area contributed by atoms with Crippen molar-refractivity contribution in [3.05, 3.63) is 71.3 Å². The largest absolute Gasteiger partial charge is 0.416 e. The Morgan fingerprint density at radius 1 is 0.949 bits per heavy atom. The van der Waals surface area contributed by atoms with Gasteiger partial charge in [0.25, 0.3) is 0 Å². The van der Waals surface area contributed by atoms with Gasteiger partial charge >= 0.3 is 6.18 Å². The minimum atomic E-state index is -4.49. The summed E-state index contributed by atoms with van der Waals surface area (Å²) in [6.07, 6.45) is -0.494. The first-order valence-electron chi connectivity index (χ1n) is 13.6. The van der Waals surface area contributed by atoms with Crippen LogP contribution < -0.4 is 5.32 Å². The van der Waals surface area contributed by atoms with Crippen molar-refractivity contribution in [1.82, 2.24) is 15.1 Å². The van der Waals surface area contributed by atoms with Crippen LogP contribution in [0.25, 0.3) is 0 Å². The van der Waals surface area contributed by atoms with Gasteiger partial charge in [-0.25, -0.2) is 0 Å². The lowest BCUT2D eigenvalue weighted by molar-refractivity contribution is -0.138. The summed E-state index contributed by atoms with van der Waals surface area (Å²) in [5.41, 5.74) is -0.780. The molecule has 2 aromatic carbocycles. The molecule has 2 fully saturated rings. The predicted octanol–water partition coefficient (Wildman–Crippen LogP) is 4.81. The number of amides is 2. The Bertz CT molecular complexity index is 1140. The fraction of sp³-hybridized carbons (Fsp3) is 0.533.